The predicted octanol–water partition coefficient (Wildman–Crippen LogP) is -1.07. The van der Waals surface area contributed by atoms with Crippen LogP contribution < -0.4 is 0 Å². The van der Waals surface area contributed by atoms with Crippen molar-refractivity contribution in [1.29, 1.82) is 0 Å². The molecule has 0 aromatic rings. The third kappa shape index (κ3) is 8.51. The second-order valence-electron chi connectivity index (χ2n) is 1.84. The van der Waals surface area contributed by atoms with Gasteiger partial charge in [0.25, 0.3) is 0 Å². The molecule has 0 radical (unpaired) electrons. The van der Waals surface area contributed by atoms with Crippen molar-refractivity contribution in [2.24, 2.45) is 5.92 Å². The van der Waals surface area contributed by atoms with Gasteiger partial charge in [-0.05, 0) is 0 Å². The lowest BCUT2D eigenvalue weighted by molar-refractivity contribution is -0.151. The third-order valence-corrected chi connectivity index (χ3v) is 0.868. The van der Waals surface area contributed by atoms with E-state index in [-0.39, 0.29) is 13.2 Å². The molecule has 0 atom stereocenters. The Labute approximate surface area is 74.7 Å². The van der Waals surface area contributed by atoms with Crippen molar-refractivity contribution >= 4 is 11.9 Å². The standard InChI is InChI=1S/C5H6O4.C2H6O2/c1-2-3(4(6)7)5(8)9;3-1-2-4/h2-3H,1H2,(H,6,7)(H,8,9);3-4H,1-2H2. The van der Waals surface area contributed by atoms with Crippen molar-refractivity contribution in [1.82, 2.24) is 0 Å². The molecule has 0 spiro atoms. The lowest BCUT2D eigenvalue weighted by Crippen LogP contribution is -2.20. The van der Waals surface area contributed by atoms with Gasteiger partial charge in [0.2, 0.25) is 0 Å². The lowest BCUT2D eigenvalue weighted by Gasteiger charge is -1.96. The fourth-order valence-corrected chi connectivity index (χ4v) is 0.307. The van der Waals surface area contributed by atoms with Crippen LogP contribution in [-0.2, 0) is 9.59 Å². The van der Waals surface area contributed by atoms with Gasteiger partial charge < -0.3 is 20.4 Å². The number of aliphatic hydroxyl groups excluding tert-OH is 2. The van der Waals surface area contributed by atoms with Crippen LogP contribution in [0.4, 0.5) is 0 Å². The van der Waals surface area contributed by atoms with Crippen LogP contribution in [0.1, 0.15) is 0 Å². The molecule has 4 N–H and O–H groups in total. The van der Waals surface area contributed by atoms with E-state index < -0.39 is 17.9 Å². The normalized spacial score (nSPS) is 8.54. The van der Waals surface area contributed by atoms with Gasteiger partial charge in [-0.1, -0.05) is 6.08 Å². The minimum atomic E-state index is -1.48. The minimum absolute atomic E-state index is 0.125. The van der Waals surface area contributed by atoms with E-state index in [0.717, 1.165) is 6.08 Å². The first-order valence-electron chi connectivity index (χ1n) is 3.31. The minimum Gasteiger partial charge on any atom is -0.480 e. The summed E-state index contributed by atoms with van der Waals surface area (Å²) >= 11 is 0. The van der Waals surface area contributed by atoms with E-state index in [9.17, 15) is 9.59 Å². The topological polar surface area (TPSA) is 115 Å². The Kier molecular flexibility index (Phi) is 9.46. The molecule has 0 bridgehead atoms. The molecule has 13 heavy (non-hydrogen) atoms. The molecule has 6 nitrogen and oxygen atoms in total. The second-order valence-corrected chi connectivity index (χ2v) is 1.84. The molecule has 0 aromatic heterocycles. The summed E-state index contributed by atoms with van der Waals surface area (Å²) in [5.74, 6) is -4.26. The van der Waals surface area contributed by atoms with Crippen LogP contribution in [0.5, 0.6) is 0 Å². The van der Waals surface area contributed by atoms with Crippen molar-refractivity contribution in [2.75, 3.05) is 13.2 Å². The maximum absolute atomic E-state index is 9.92. The molecule has 0 aliphatic heterocycles. The average molecular weight is 192 g/mol. The molecule has 0 saturated carbocycles. The summed E-state index contributed by atoms with van der Waals surface area (Å²) in [6.45, 7) is 2.79. The monoisotopic (exact) mass is 192 g/mol. The predicted molar refractivity (Wildman–Crippen MR) is 43.1 cm³/mol. The fourth-order valence-electron chi connectivity index (χ4n) is 0.307. The van der Waals surface area contributed by atoms with E-state index in [1.54, 1.807) is 0 Å². The van der Waals surface area contributed by atoms with Gasteiger partial charge in [-0.15, -0.1) is 6.58 Å². The van der Waals surface area contributed by atoms with Crippen molar-refractivity contribution in [3.8, 4) is 0 Å². The summed E-state index contributed by atoms with van der Waals surface area (Å²) in [4.78, 5) is 19.8. The van der Waals surface area contributed by atoms with Gasteiger partial charge in [-0.3, -0.25) is 9.59 Å². The van der Waals surface area contributed by atoms with Crippen LogP contribution in [0.25, 0.3) is 0 Å². The Morgan fingerprint density at radius 2 is 1.46 bits per heavy atom. The van der Waals surface area contributed by atoms with Crippen molar-refractivity contribution in [2.45, 2.75) is 0 Å². The summed E-state index contributed by atoms with van der Waals surface area (Å²) < 4.78 is 0. The van der Waals surface area contributed by atoms with Crippen molar-refractivity contribution in [3.63, 3.8) is 0 Å². The van der Waals surface area contributed by atoms with E-state index in [0.29, 0.717) is 0 Å². The Hall–Kier alpha value is -1.40. The molecule has 0 saturated heterocycles. The number of aliphatic hydroxyl groups is 2. The number of aliphatic carboxylic acids is 2. The zero-order chi connectivity index (χ0) is 10.9. The van der Waals surface area contributed by atoms with Gasteiger partial charge in [-0.2, -0.15) is 0 Å². The Morgan fingerprint density at radius 3 is 1.46 bits per heavy atom. The third-order valence-electron chi connectivity index (χ3n) is 0.868. The van der Waals surface area contributed by atoms with Gasteiger partial charge in [0.1, 0.15) is 0 Å². The summed E-state index contributed by atoms with van der Waals surface area (Å²) in [7, 11) is 0. The fraction of sp³-hybridized carbons (Fsp3) is 0.429. The zero-order valence-electron chi connectivity index (χ0n) is 6.88. The molecule has 0 heterocycles. The number of hydrogen-bond acceptors (Lipinski definition) is 4. The van der Waals surface area contributed by atoms with Crippen LogP contribution >= 0.6 is 0 Å². The molecule has 0 unspecified atom stereocenters. The highest BCUT2D eigenvalue weighted by atomic mass is 16.4. The molecule has 0 rings (SSSR count). The molecule has 6 heteroatoms. The molecule has 0 aromatic carbocycles. The molecule has 0 aliphatic carbocycles. The smallest absolute Gasteiger partial charge is 0.321 e. The summed E-state index contributed by atoms with van der Waals surface area (Å²) in [6.07, 6.45) is 0.866. The molecular formula is C7H12O6. The summed E-state index contributed by atoms with van der Waals surface area (Å²) in [5.41, 5.74) is 0. The van der Waals surface area contributed by atoms with Crippen LogP contribution in [0.3, 0.4) is 0 Å². The average Bonchev–Trinajstić information content (AvgIpc) is 2.04. The van der Waals surface area contributed by atoms with Crippen molar-refractivity contribution in [3.05, 3.63) is 12.7 Å². The lowest BCUT2D eigenvalue weighted by atomic mass is 10.1. The molecule has 0 aliphatic rings. The highest BCUT2D eigenvalue weighted by Crippen LogP contribution is 1.96. The second kappa shape index (κ2) is 8.69. The number of hydrogen-bond donors (Lipinski definition) is 4. The van der Waals surface area contributed by atoms with Crippen molar-refractivity contribution < 1.29 is 30.0 Å². The number of carboxylic acid groups (broad SMARTS) is 2. The number of carbonyl (C=O) groups is 2. The quantitative estimate of drug-likeness (QED) is 0.333. The van der Waals surface area contributed by atoms with Gasteiger partial charge in [0.05, 0.1) is 13.2 Å². The highest BCUT2D eigenvalue weighted by Gasteiger charge is 2.20. The van der Waals surface area contributed by atoms with Crippen LogP contribution in [0.15, 0.2) is 12.7 Å². The number of rotatable bonds is 4. The zero-order valence-corrected chi connectivity index (χ0v) is 6.88. The molecule has 76 valence electrons. The SMILES string of the molecule is C=CC(C(=O)O)C(=O)O.OCCO. The van der Waals surface area contributed by atoms with Gasteiger partial charge >= 0.3 is 11.9 Å². The first-order valence-corrected chi connectivity index (χ1v) is 3.31. The van der Waals surface area contributed by atoms with E-state index in [1.807, 2.05) is 0 Å². The number of carboxylic acids is 2. The molecular weight excluding hydrogens is 180 g/mol. The van der Waals surface area contributed by atoms with Crippen LogP contribution in [0.2, 0.25) is 0 Å². The molecule has 0 fully saturated rings. The van der Waals surface area contributed by atoms with Crippen LogP contribution in [0, 0.1) is 5.92 Å². The maximum atomic E-state index is 9.92. The molecule has 0 amide bonds. The Balaban J connectivity index is 0. The highest BCUT2D eigenvalue weighted by molar-refractivity contribution is 5.94. The van der Waals surface area contributed by atoms with Gasteiger partial charge in [-0.25, -0.2) is 0 Å². The first kappa shape index (κ1) is 14.1. The largest absolute Gasteiger partial charge is 0.480 e. The van der Waals surface area contributed by atoms with Gasteiger partial charge in [0, 0.05) is 0 Å². The Morgan fingerprint density at radius 1 is 1.15 bits per heavy atom. The van der Waals surface area contributed by atoms with E-state index in [1.165, 1.54) is 0 Å². The van der Waals surface area contributed by atoms with E-state index in [4.69, 9.17) is 20.4 Å². The Bertz CT molecular complexity index is 160. The maximum Gasteiger partial charge on any atom is 0.321 e. The summed E-state index contributed by atoms with van der Waals surface area (Å²) in [5, 5.41) is 31.4. The first-order chi connectivity index (χ1) is 6.01. The van der Waals surface area contributed by atoms with Gasteiger partial charge in [0.15, 0.2) is 5.92 Å². The summed E-state index contributed by atoms with van der Waals surface area (Å²) in [6, 6.07) is 0. The van der Waals surface area contributed by atoms with E-state index >= 15 is 0 Å². The van der Waals surface area contributed by atoms with E-state index in [2.05, 4.69) is 6.58 Å². The van der Waals surface area contributed by atoms with Crippen LogP contribution in [-0.4, -0.2) is 45.6 Å².